The van der Waals surface area contributed by atoms with Gasteiger partial charge < -0.3 is 14.8 Å². The Balaban J connectivity index is 1.35. The maximum absolute atomic E-state index is 6.08. The third-order valence-electron chi connectivity index (χ3n) is 6.57. The molecule has 0 unspecified atom stereocenters. The van der Waals surface area contributed by atoms with Crippen LogP contribution in [0.2, 0.25) is 5.15 Å². The highest BCUT2D eigenvalue weighted by atomic mass is 35.5. The van der Waals surface area contributed by atoms with Crippen LogP contribution in [0.1, 0.15) is 38.2 Å². The molecule has 4 aromatic rings. The van der Waals surface area contributed by atoms with Gasteiger partial charge in [0.25, 0.3) is 0 Å². The summed E-state index contributed by atoms with van der Waals surface area (Å²) in [5.74, 6) is 3.46. The fourth-order valence-corrected chi connectivity index (χ4v) is 4.94. The van der Waals surface area contributed by atoms with E-state index < -0.39 is 0 Å². The van der Waals surface area contributed by atoms with Crippen molar-refractivity contribution >= 4 is 34.4 Å². The molecule has 0 spiro atoms. The van der Waals surface area contributed by atoms with Crippen LogP contribution < -0.4 is 10.2 Å². The number of piperidine rings is 1. The van der Waals surface area contributed by atoms with Crippen molar-refractivity contribution in [3.05, 3.63) is 59.5 Å². The largest absolute Gasteiger partial charge is 0.369 e. The number of benzene rings is 1. The van der Waals surface area contributed by atoms with Crippen molar-refractivity contribution in [2.24, 2.45) is 13.0 Å². The minimum absolute atomic E-state index is 0.384. The van der Waals surface area contributed by atoms with Gasteiger partial charge in [-0.2, -0.15) is 0 Å². The zero-order chi connectivity index (χ0) is 23.7. The summed E-state index contributed by atoms with van der Waals surface area (Å²) in [6.07, 6.45) is 5.81. The molecule has 7 nitrogen and oxygen atoms in total. The van der Waals surface area contributed by atoms with Crippen LogP contribution in [-0.4, -0.2) is 44.1 Å². The quantitative estimate of drug-likeness (QED) is 0.395. The minimum Gasteiger partial charge on any atom is -0.369 e. The molecule has 1 aliphatic heterocycles. The molecule has 4 heterocycles. The molecule has 1 saturated heterocycles. The highest BCUT2D eigenvalue weighted by Gasteiger charge is 2.23. The van der Waals surface area contributed by atoms with Gasteiger partial charge in [-0.3, -0.25) is 0 Å². The van der Waals surface area contributed by atoms with Crippen molar-refractivity contribution < 1.29 is 0 Å². The first-order valence-electron chi connectivity index (χ1n) is 11.9. The molecule has 1 fully saturated rings. The smallest absolute Gasteiger partial charge is 0.206 e. The molecule has 1 aromatic carbocycles. The second-order valence-corrected chi connectivity index (χ2v) is 9.69. The lowest BCUT2D eigenvalue weighted by molar-refractivity contribution is 0.418. The van der Waals surface area contributed by atoms with Crippen LogP contribution in [0.4, 0.5) is 11.8 Å². The van der Waals surface area contributed by atoms with E-state index in [4.69, 9.17) is 21.6 Å². The van der Waals surface area contributed by atoms with E-state index in [0.717, 1.165) is 66.7 Å². The van der Waals surface area contributed by atoms with Gasteiger partial charge in [0.2, 0.25) is 5.95 Å². The van der Waals surface area contributed by atoms with Gasteiger partial charge in [-0.25, -0.2) is 19.9 Å². The van der Waals surface area contributed by atoms with Crippen LogP contribution in [0.3, 0.4) is 0 Å². The van der Waals surface area contributed by atoms with Gasteiger partial charge in [0.05, 0.1) is 5.39 Å². The second-order valence-electron chi connectivity index (χ2n) is 9.30. The number of nitrogens with one attached hydrogen (secondary N) is 1. The third-order valence-corrected chi connectivity index (χ3v) is 6.76. The molecule has 1 N–H and O–H groups in total. The van der Waals surface area contributed by atoms with E-state index in [9.17, 15) is 0 Å². The first-order valence-corrected chi connectivity index (χ1v) is 12.3. The number of aryl methyl sites for hydroxylation is 1. The number of pyridine rings is 1. The first-order chi connectivity index (χ1) is 16.5. The van der Waals surface area contributed by atoms with Crippen LogP contribution in [-0.2, 0) is 7.05 Å². The topological polar surface area (TPSA) is 71.8 Å². The number of hydrogen-bond acceptors (Lipinski definition) is 6. The third kappa shape index (κ3) is 4.57. The predicted octanol–water partition coefficient (Wildman–Crippen LogP) is 5.53. The first kappa shape index (κ1) is 22.6. The van der Waals surface area contributed by atoms with E-state index in [1.54, 1.807) is 6.20 Å². The fraction of sp³-hybridized carbons (Fsp3) is 0.385. The highest BCUT2D eigenvalue weighted by Crippen LogP contribution is 2.30. The Hall–Kier alpha value is -3.19. The van der Waals surface area contributed by atoms with Crippen molar-refractivity contribution in [2.45, 2.75) is 32.6 Å². The Bertz CT molecular complexity index is 1290. The zero-order valence-corrected chi connectivity index (χ0v) is 20.6. The van der Waals surface area contributed by atoms with Gasteiger partial charge in [-0.05, 0) is 42.4 Å². The Kier molecular flexibility index (Phi) is 6.37. The lowest BCUT2D eigenvalue weighted by atomic mass is 9.96. The monoisotopic (exact) mass is 475 g/mol. The minimum atomic E-state index is 0.384. The lowest BCUT2D eigenvalue weighted by Gasteiger charge is -2.32. The van der Waals surface area contributed by atoms with Crippen LogP contribution in [0.15, 0.2) is 48.8 Å². The second kappa shape index (κ2) is 9.58. The van der Waals surface area contributed by atoms with Gasteiger partial charge in [-0.15, -0.1) is 0 Å². The number of nitrogens with zero attached hydrogens (tertiary/aromatic N) is 6. The summed E-state index contributed by atoms with van der Waals surface area (Å²) in [6, 6.07) is 12.3. The summed E-state index contributed by atoms with van der Waals surface area (Å²) >= 11 is 6.08. The van der Waals surface area contributed by atoms with Crippen LogP contribution in [0, 0.1) is 5.92 Å². The van der Waals surface area contributed by atoms with Crippen molar-refractivity contribution in [3.8, 4) is 11.4 Å². The molecule has 0 bridgehead atoms. The van der Waals surface area contributed by atoms with Crippen LogP contribution in [0.25, 0.3) is 22.4 Å². The fourth-order valence-electron chi connectivity index (χ4n) is 4.71. The van der Waals surface area contributed by atoms with E-state index >= 15 is 0 Å². The van der Waals surface area contributed by atoms with Crippen LogP contribution in [0.5, 0.6) is 0 Å². The molecule has 34 heavy (non-hydrogen) atoms. The van der Waals surface area contributed by atoms with Crippen molar-refractivity contribution in [2.75, 3.05) is 29.9 Å². The summed E-state index contributed by atoms with van der Waals surface area (Å²) in [5, 5.41) is 5.13. The number of halogens is 1. The Labute approximate surface area is 205 Å². The predicted molar refractivity (Wildman–Crippen MR) is 139 cm³/mol. The van der Waals surface area contributed by atoms with Gasteiger partial charge >= 0.3 is 0 Å². The number of fused-ring (bicyclic) bond motifs is 1. The van der Waals surface area contributed by atoms with Gasteiger partial charge in [0.1, 0.15) is 11.0 Å². The Morgan fingerprint density at radius 1 is 1.06 bits per heavy atom. The van der Waals surface area contributed by atoms with E-state index in [1.165, 1.54) is 5.56 Å². The molecule has 176 valence electrons. The normalized spacial score (nSPS) is 14.8. The molecule has 0 radical (unpaired) electrons. The van der Waals surface area contributed by atoms with E-state index in [0.29, 0.717) is 17.0 Å². The molecular weight excluding hydrogens is 446 g/mol. The summed E-state index contributed by atoms with van der Waals surface area (Å²) in [4.78, 5) is 21.1. The highest BCUT2D eigenvalue weighted by molar-refractivity contribution is 6.29. The number of rotatable bonds is 6. The van der Waals surface area contributed by atoms with E-state index in [2.05, 4.69) is 52.2 Å². The number of hydrogen-bond donors (Lipinski definition) is 1. The molecule has 8 heteroatoms. The molecule has 0 atom stereocenters. The van der Waals surface area contributed by atoms with Crippen molar-refractivity contribution in [3.63, 3.8) is 0 Å². The summed E-state index contributed by atoms with van der Waals surface area (Å²) in [7, 11) is 1.99. The maximum Gasteiger partial charge on any atom is 0.206 e. The SMILES string of the molecule is CC(C)c1ccccc1-c1nc(NCC2CCN(c3nc(Cl)cn3C)CC2)c2cccnc2n1. The number of aromatic nitrogens is 5. The lowest BCUT2D eigenvalue weighted by Crippen LogP contribution is -2.37. The standard InChI is InChI=1S/C26H30ClN7/c1-17(2)19-7-4-5-8-20(19)25-31-23-21(9-6-12-28-23)24(32-25)29-15-18-10-13-34(14-11-18)26-30-22(27)16-33(26)3/h4-9,12,16-18H,10-11,13-15H2,1-3H3,(H,28,29,31,32). The Morgan fingerprint density at radius 2 is 1.85 bits per heavy atom. The zero-order valence-electron chi connectivity index (χ0n) is 19.9. The van der Waals surface area contributed by atoms with Gasteiger partial charge in [-0.1, -0.05) is 49.7 Å². The van der Waals surface area contributed by atoms with Crippen molar-refractivity contribution in [1.82, 2.24) is 24.5 Å². The summed E-state index contributed by atoms with van der Waals surface area (Å²) in [6.45, 7) is 7.19. The molecular formula is C26H30ClN7. The van der Waals surface area contributed by atoms with Crippen LogP contribution >= 0.6 is 11.6 Å². The average molecular weight is 476 g/mol. The molecule has 0 amide bonds. The van der Waals surface area contributed by atoms with Gasteiger partial charge in [0.15, 0.2) is 11.5 Å². The molecule has 0 aliphatic carbocycles. The van der Waals surface area contributed by atoms with E-state index in [-0.39, 0.29) is 0 Å². The number of imidazole rings is 1. The molecule has 1 aliphatic rings. The Morgan fingerprint density at radius 3 is 2.59 bits per heavy atom. The average Bonchev–Trinajstić information content (AvgIpc) is 3.20. The molecule has 3 aromatic heterocycles. The molecule has 0 saturated carbocycles. The van der Waals surface area contributed by atoms with Crippen molar-refractivity contribution in [1.29, 1.82) is 0 Å². The van der Waals surface area contributed by atoms with Gasteiger partial charge in [0, 0.05) is 44.6 Å². The number of anilines is 2. The maximum atomic E-state index is 6.08. The summed E-state index contributed by atoms with van der Waals surface area (Å²) in [5.41, 5.74) is 3.02. The molecule has 5 rings (SSSR count). The van der Waals surface area contributed by atoms with E-state index in [1.807, 2.05) is 36.0 Å². The summed E-state index contributed by atoms with van der Waals surface area (Å²) < 4.78 is 2.00.